The summed E-state index contributed by atoms with van der Waals surface area (Å²) < 4.78 is 7.26. The largest absolute Gasteiger partial charge is 0.490 e. The van der Waals surface area contributed by atoms with Crippen molar-refractivity contribution in [3.05, 3.63) is 72.3 Å². The number of carbonyl (C=O) groups is 1. The number of hydrogen-bond donors (Lipinski definition) is 0. The Bertz CT molecular complexity index is 908. The third-order valence-electron chi connectivity index (χ3n) is 4.09. The Morgan fingerprint density at radius 2 is 2.12 bits per heavy atom. The van der Waals surface area contributed by atoms with Gasteiger partial charge in [-0.2, -0.15) is 0 Å². The first kappa shape index (κ1) is 14.6. The number of imidazole rings is 1. The van der Waals surface area contributed by atoms with Crippen LogP contribution in [0.15, 0.2) is 55.4 Å². The van der Waals surface area contributed by atoms with Crippen molar-refractivity contribution in [2.45, 2.75) is 18.8 Å². The first-order valence-electron chi connectivity index (χ1n) is 7.99. The molecule has 0 atom stereocenters. The van der Waals surface area contributed by atoms with Crippen molar-refractivity contribution in [1.82, 2.24) is 14.4 Å². The number of nitrogens with zero attached hydrogens (tertiary/aromatic N) is 3. The van der Waals surface area contributed by atoms with Gasteiger partial charge in [-0.3, -0.25) is 9.20 Å². The predicted octanol–water partition coefficient (Wildman–Crippen LogP) is 3.40. The van der Waals surface area contributed by atoms with Crippen LogP contribution in [0.3, 0.4) is 0 Å². The van der Waals surface area contributed by atoms with Gasteiger partial charge in [-0.15, -0.1) is 0 Å². The number of benzene rings is 1. The summed E-state index contributed by atoms with van der Waals surface area (Å²) in [6.07, 6.45) is 7.39. The number of carbonyl (C=O) groups excluding carboxylic acids is 1. The van der Waals surface area contributed by atoms with Gasteiger partial charge in [0.15, 0.2) is 0 Å². The molecule has 0 bridgehead atoms. The molecule has 1 aromatic carbocycles. The fourth-order valence-electron chi connectivity index (χ4n) is 2.77. The maximum Gasteiger partial charge on any atom is 0.234 e. The van der Waals surface area contributed by atoms with Crippen LogP contribution >= 0.6 is 0 Å². The molecule has 1 saturated carbocycles. The van der Waals surface area contributed by atoms with Crippen molar-refractivity contribution in [3.8, 4) is 5.75 Å². The molecule has 0 unspecified atom stereocenters. The Hall–Kier alpha value is -2.95. The fraction of sp³-hybridized carbons (Fsp3) is 0.211. The zero-order chi connectivity index (χ0) is 16.5. The quantitative estimate of drug-likeness (QED) is 0.516. The van der Waals surface area contributed by atoms with Crippen molar-refractivity contribution in [2.24, 2.45) is 0 Å². The summed E-state index contributed by atoms with van der Waals surface area (Å²) in [5.41, 5.74) is 2.11. The van der Waals surface area contributed by atoms with Crippen LogP contribution in [0.2, 0.25) is 0 Å². The molecule has 1 aliphatic rings. The van der Waals surface area contributed by atoms with Gasteiger partial charge < -0.3 is 4.74 Å². The Balaban J connectivity index is 1.72. The zero-order valence-corrected chi connectivity index (χ0v) is 13.2. The third-order valence-corrected chi connectivity index (χ3v) is 4.09. The van der Waals surface area contributed by atoms with E-state index < -0.39 is 0 Å². The summed E-state index contributed by atoms with van der Waals surface area (Å²) >= 11 is 0. The topological polar surface area (TPSA) is 56.5 Å². The lowest BCUT2D eigenvalue weighted by Gasteiger charge is -2.06. The number of aromatic nitrogens is 3. The lowest BCUT2D eigenvalue weighted by molar-refractivity contribution is 0.103. The molecule has 1 fully saturated rings. The van der Waals surface area contributed by atoms with E-state index in [4.69, 9.17) is 4.74 Å². The lowest BCUT2D eigenvalue weighted by atomic mass is 10.0. The summed E-state index contributed by atoms with van der Waals surface area (Å²) in [7, 11) is 0. The summed E-state index contributed by atoms with van der Waals surface area (Å²) in [5.74, 6) is 1.64. The molecule has 0 N–H and O–H groups in total. The Morgan fingerprint density at radius 1 is 1.33 bits per heavy atom. The van der Waals surface area contributed by atoms with Crippen LogP contribution in [0.1, 0.15) is 40.5 Å². The molecule has 0 amide bonds. The van der Waals surface area contributed by atoms with Gasteiger partial charge in [0.2, 0.25) is 11.6 Å². The van der Waals surface area contributed by atoms with Gasteiger partial charge in [0.05, 0.1) is 5.69 Å². The normalized spacial score (nSPS) is 13.8. The molecule has 1 aliphatic carbocycles. The molecular weight excluding hydrogens is 302 g/mol. The summed E-state index contributed by atoms with van der Waals surface area (Å²) in [4.78, 5) is 21.9. The van der Waals surface area contributed by atoms with Gasteiger partial charge in [-0.25, -0.2) is 9.97 Å². The van der Waals surface area contributed by atoms with Crippen LogP contribution in [0, 0.1) is 0 Å². The van der Waals surface area contributed by atoms with Gasteiger partial charge >= 0.3 is 0 Å². The van der Waals surface area contributed by atoms with Crippen LogP contribution in [-0.2, 0) is 0 Å². The van der Waals surface area contributed by atoms with E-state index in [2.05, 4.69) is 16.5 Å². The van der Waals surface area contributed by atoms with Crippen molar-refractivity contribution >= 4 is 11.6 Å². The second kappa shape index (κ2) is 5.92. The SMILES string of the molecule is C=CCOc1ccc(C(=O)c2c(C3CC3)nc3ncccn23)cc1. The van der Waals surface area contributed by atoms with Gasteiger partial charge in [-0.05, 0) is 43.2 Å². The third kappa shape index (κ3) is 2.58. The average Bonchev–Trinajstić information content (AvgIpc) is 3.40. The minimum absolute atomic E-state index is 0.0346. The molecule has 2 aromatic heterocycles. The molecule has 5 nitrogen and oxygen atoms in total. The Labute approximate surface area is 139 Å². The van der Waals surface area contributed by atoms with Crippen molar-refractivity contribution < 1.29 is 9.53 Å². The zero-order valence-electron chi connectivity index (χ0n) is 13.2. The van der Waals surface area contributed by atoms with Crippen molar-refractivity contribution in [2.75, 3.05) is 6.61 Å². The molecule has 24 heavy (non-hydrogen) atoms. The highest BCUT2D eigenvalue weighted by Gasteiger charge is 2.33. The smallest absolute Gasteiger partial charge is 0.234 e. The second-order valence-corrected chi connectivity index (χ2v) is 5.86. The molecule has 2 heterocycles. The van der Waals surface area contributed by atoms with E-state index in [9.17, 15) is 4.79 Å². The standard InChI is InChI=1S/C19H17N3O2/c1-2-12-24-15-8-6-14(7-9-15)18(23)17-16(13-4-5-13)21-19-20-10-3-11-22(17)19/h2-3,6-11,13H,1,4-5,12H2. The minimum atomic E-state index is -0.0346. The van der Waals surface area contributed by atoms with E-state index in [1.54, 1.807) is 40.9 Å². The number of ketones is 1. The minimum Gasteiger partial charge on any atom is -0.490 e. The summed E-state index contributed by atoms with van der Waals surface area (Å²) in [6.45, 7) is 4.06. The Kier molecular flexibility index (Phi) is 3.61. The van der Waals surface area contributed by atoms with E-state index in [-0.39, 0.29) is 5.78 Å². The van der Waals surface area contributed by atoms with E-state index in [0.717, 1.165) is 18.5 Å². The van der Waals surface area contributed by atoms with Crippen LogP contribution < -0.4 is 4.74 Å². The second-order valence-electron chi connectivity index (χ2n) is 5.86. The van der Waals surface area contributed by atoms with Gasteiger partial charge in [-0.1, -0.05) is 12.7 Å². The highest BCUT2D eigenvalue weighted by Crippen LogP contribution is 2.41. The molecule has 4 rings (SSSR count). The number of hydrogen-bond acceptors (Lipinski definition) is 4. The van der Waals surface area contributed by atoms with E-state index in [1.807, 2.05) is 12.3 Å². The van der Waals surface area contributed by atoms with Gasteiger partial charge in [0, 0.05) is 23.9 Å². The van der Waals surface area contributed by atoms with E-state index >= 15 is 0 Å². The molecule has 0 radical (unpaired) electrons. The molecular formula is C19H17N3O2. The summed E-state index contributed by atoms with van der Waals surface area (Å²) in [6, 6.07) is 8.98. The summed E-state index contributed by atoms with van der Waals surface area (Å²) in [5, 5.41) is 0. The molecule has 0 spiro atoms. The first-order chi connectivity index (χ1) is 11.8. The lowest BCUT2D eigenvalue weighted by Crippen LogP contribution is -2.08. The van der Waals surface area contributed by atoms with Gasteiger partial charge in [0.25, 0.3) is 0 Å². The fourth-order valence-corrected chi connectivity index (χ4v) is 2.77. The molecule has 3 aromatic rings. The molecule has 5 heteroatoms. The highest BCUT2D eigenvalue weighted by atomic mass is 16.5. The van der Waals surface area contributed by atoms with Crippen LogP contribution in [0.5, 0.6) is 5.75 Å². The molecule has 0 aliphatic heterocycles. The van der Waals surface area contributed by atoms with Crippen LogP contribution in [-0.4, -0.2) is 26.8 Å². The Morgan fingerprint density at radius 3 is 2.83 bits per heavy atom. The van der Waals surface area contributed by atoms with E-state index in [0.29, 0.717) is 35.3 Å². The van der Waals surface area contributed by atoms with Crippen molar-refractivity contribution in [3.63, 3.8) is 0 Å². The van der Waals surface area contributed by atoms with Crippen molar-refractivity contribution in [1.29, 1.82) is 0 Å². The molecule has 120 valence electrons. The predicted molar refractivity (Wildman–Crippen MR) is 90.5 cm³/mol. The maximum absolute atomic E-state index is 13.1. The van der Waals surface area contributed by atoms with Crippen LogP contribution in [0.25, 0.3) is 5.78 Å². The number of rotatable bonds is 6. The highest BCUT2D eigenvalue weighted by molar-refractivity contribution is 6.09. The number of ether oxygens (including phenoxy) is 1. The molecule has 0 saturated heterocycles. The maximum atomic E-state index is 13.1. The number of fused-ring (bicyclic) bond motifs is 1. The van der Waals surface area contributed by atoms with Gasteiger partial charge in [0.1, 0.15) is 18.1 Å². The van der Waals surface area contributed by atoms with E-state index in [1.165, 1.54) is 0 Å². The average molecular weight is 319 g/mol. The monoisotopic (exact) mass is 319 g/mol. The first-order valence-corrected chi connectivity index (χ1v) is 7.99. The van der Waals surface area contributed by atoms with Crippen LogP contribution in [0.4, 0.5) is 0 Å².